The van der Waals surface area contributed by atoms with E-state index >= 15 is 0 Å². The van der Waals surface area contributed by atoms with Crippen molar-refractivity contribution in [2.75, 3.05) is 19.8 Å². The van der Waals surface area contributed by atoms with Gasteiger partial charge in [-0.1, -0.05) is 70.4 Å². The van der Waals surface area contributed by atoms with E-state index in [9.17, 15) is 28.9 Å². The van der Waals surface area contributed by atoms with Crippen molar-refractivity contribution in [3.8, 4) is 5.75 Å². The zero-order valence-electron chi connectivity index (χ0n) is 25.1. The molecule has 0 radical (unpaired) electrons. The van der Waals surface area contributed by atoms with Crippen molar-refractivity contribution in [1.29, 1.82) is 0 Å². The van der Waals surface area contributed by atoms with Gasteiger partial charge >= 0.3 is 13.8 Å². The van der Waals surface area contributed by atoms with E-state index in [-0.39, 0.29) is 18.9 Å². The minimum atomic E-state index is -4.76. The van der Waals surface area contributed by atoms with Gasteiger partial charge in [0, 0.05) is 19.9 Å². The molecule has 4 atom stereocenters. The summed E-state index contributed by atoms with van der Waals surface area (Å²) >= 11 is 0. The van der Waals surface area contributed by atoms with Gasteiger partial charge in [-0.15, -0.1) is 0 Å². The SMILES string of the molecule is CCCCCCCCCCCOc1cccc(CCC(=O)NC[C@@H](O)COP(=O)(O)O[C@H](C)[C@@H](NC(C)=O)C(=O)O)c1. The molecule has 12 nitrogen and oxygen atoms in total. The number of ether oxygens (including phenoxy) is 1. The van der Waals surface area contributed by atoms with Gasteiger partial charge in [-0.3, -0.25) is 18.6 Å². The number of aliphatic carboxylic acids is 1. The highest BCUT2D eigenvalue weighted by Gasteiger charge is 2.34. The van der Waals surface area contributed by atoms with E-state index in [2.05, 4.69) is 17.6 Å². The molecule has 13 heteroatoms. The summed E-state index contributed by atoms with van der Waals surface area (Å²) in [6.07, 6.45) is 9.12. The zero-order valence-corrected chi connectivity index (χ0v) is 26.0. The van der Waals surface area contributed by atoms with E-state index in [1.165, 1.54) is 51.9 Å². The van der Waals surface area contributed by atoms with E-state index in [0.717, 1.165) is 31.1 Å². The number of hydrogen-bond acceptors (Lipinski definition) is 8. The highest BCUT2D eigenvalue weighted by molar-refractivity contribution is 7.47. The first-order valence-corrected chi connectivity index (χ1v) is 16.2. The number of aryl methyl sites for hydroxylation is 1. The number of aliphatic hydroxyl groups excluding tert-OH is 1. The lowest BCUT2D eigenvalue weighted by Gasteiger charge is -2.23. The van der Waals surface area contributed by atoms with E-state index in [4.69, 9.17) is 18.9 Å². The van der Waals surface area contributed by atoms with Crippen LogP contribution in [0.4, 0.5) is 0 Å². The molecule has 1 aromatic carbocycles. The molecule has 0 spiro atoms. The van der Waals surface area contributed by atoms with Gasteiger partial charge in [0.15, 0.2) is 6.04 Å². The zero-order chi connectivity index (χ0) is 31.4. The second-order valence-corrected chi connectivity index (χ2v) is 11.8. The van der Waals surface area contributed by atoms with E-state index < -0.39 is 44.6 Å². The molecule has 0 aliphatic carbocycles. The highest BCUT2D eigenvalue weighted by Crippen LogP contribution is 2.45. The van der Waals surface area contributed by atoms with E-state index in [1.807, 2.05) is 24.3 Å². The molecule has 1 rings (SSSR count). The van der Waals surface area contributed by atoms with Crippen LogP contribution in [0.1, 0.15) is 90.5 Å². The number of carbonyl (C=O) groups excluding carboxylic acids is 2. The summed E-state index contributed by atoms with van der Waals surface area (Å²) in [7, 11) is -4.76. The molecule has 0 bridgehead atoms. The third-order valence-electron chi connectivity index (χ3n) is 6.41. The molecule has 2 amide bonds. The minimum absolute atomic E-state index is 0.161. The maximum absolute atomic E-state index is 12.2. The molecular weight excluding hydrogens is 567 g/mol. The van der Waals surface area contributed by atoms with Gasteiger partial charge in [0.1, 0.15) is 5.75 Å². The Kier molecular flexibility index (Phi) is 19.0. The van der Waals surface area contributed by atoms with Crippen molar-refractivity contribution in [3.63, 3.8) is 0 Å². The number of aliphatic hydroxyl groups is 1. The van der Waals surface area contributed by atoms with Crippen LogP contribution in [-0.4, -0.2) is 70.9 Å². The second kappa shape index (κ2) is 21.2. The summed E-state index contributed by atoms with van der Waals surface area (Å²) in [4.78, 5) is 44.5. The first-order valence-electron chi connectivity index (χ1n) is 14.8. The summed E-state index contributed by atoms with van der Waals surface area (Å²) in [6, 6.07) is 6.00. The Bertz CT molecular complexity index is 993. The van der Waals surface area contributed by atoms with Crippen molar-refractivity contribution in [2.24, 2.45) is 0 Å². The number of carboxylic acids is 1. The fourth-order valence-electron chi connectivity index (χ4n) is 4.11. The molecule has 1 aromatic rings. The number of unbranched alkanes of at least 4 members (excludes halogenated alkanes) is 8. The molecule has 0 saturated carbocycles. The van der Waals surface area contributed by atoms with Crippen molar-refractivity contribution in [2.45, 2.75) is 110 Å². The van der Waals surface area contributed by atoms with Gasteiger partial charge in [-0.2, -0.15) is 0 Å². The van der Waals surface area contributed by atoms with Gasteiger partial charge in [0.2, 0.25) is 11.8 Å². The number of hydrogen-bond donors (Lipinski definition) is 5. The summed E-state index contributed by atoms with van der Waals surface area (Å²) in [6.45, 7) is 4.26. The molecule has 42 heavy (non-hydrogen) atoms. The molecule has 0 saturated heterocycles. The maximum Gasteiger partial charge on any atom is 0.472 e. The lowest BCUT2D eigenvalue weighted by Crippen LogP contribution is -2.47. The summed E-state index contributed by atoms with van der Waals surface area (Å²) < 4.78 is 27.5. The summed E-state index contributed by atoms with van der Waals surface area (Å²) in [5, 5.41) is 23.8. The van der Waals surface area contributed by atoms with Crippen molar-refractivity contribution >= 4 is 25.6 Å². The molecule has 240 valence electrons. The summed E-state index contributed by atoms with van der Waals surface area (Å²) in [5.41, 5.74) is 0.935. The number of amides is 2. The van der Waals surface area contributed by atoms with Crippen LogP contribution < -0.4 is 15.4 Å². The van der Waals surface area contributed by atoms with Crippen LogP contribution in [0.2, 0.25) is 0 Å². The fourth-order valence-corrected chi connectivity index (χ4v) is 5.07. The number of phosphoric acid groups is 1. The Hall–Kier alpha value is -2.50. The monoisotopic (exact) mass is 616 g/mol. The van der Waals surface area contributed by atoms with Gasteiger partial charge in [0.05, 0.1) is 25.4 Å². The standard InChI is InChI=1S/C29H49N2O10P/c1-4-5-6-7-8-9-10-11-12-18-39-26-15-13-14-24(19-26)16-17-27(34)30-20-25(33)21-40-42(37,38)41-22(2)28(29(35)36)31-23(3)32/h13-15,19,22,25,28,33H,4-12,16-18,20-21H2,1-3H3,(H,30,34)(H,31,32)(H,35,36)(H,37,38)/t22-,25-,28-/m1/s1. The third kappa shape index (κ3) is 18.1. The Morgan fingerprint density at radius 1 is 1.02 bits per heavy atom. The van der Waals surface area contributed by atoms with E-state index in [0.29, 0.717) is 13.0 Å². The van der Waals surface area contributed by atoms with Crippen molar-refractivity contribution < 1.29 is 47.8 Å². The van der Waals surface area contributed by atoms with Crippen molar-refractivity contribution in [1.82, 2.24) is 10.6 Å². The number of carbonyl (C=O) groups is 3. The Morgan fingerprint density at radius 2 is 1.67 bits per heavy atom. The van der Waals surface area contributed by atoms with Gasteiger partial charge < -0.3 is 30.5 Å². The predicted molar refractivity (Wildman–Crippen MR) is 158 cm³/mol. The highest BCUT2D eigenvalue weighted by atomic mass is 31.2. The van der Waals surface area contributed by atoms with Crippen LogP contribution in [-0.2, 0) is 34.4 Å². The lowest BCUT2D eigenvalue weighted by atomic mass is 10.1. The summed E-state index contributed by atoms with van der Waals surface area (Å²) in [5.74, 6) is -1.69. The minimum Gasteiger partial charge on any atom is -0.494 e. The fraction of sp³-hybridized carbons (Fsp3) is 0.690. The first kappa shape index (κ1) is 37.5. The average Bonchev–Trinajstić information content (AvgIpc) is 2.93. The van der Waals surface area contributed by atoms with Crippen LogP contribution in [0.15, 0.2) is 24.3 Å². The number of rotatable bonds is 24. The molecule has 0 fully saturated rings. The number of nitrogens with one attached hydrogen (secondary N) is 2. The van der Waals surface area contributed by atoms with Crippen LogP contribution in [0.5, 0.6) is 5.75 Å². The predicted octanol–water partition coefficient (Wildman–Crippen LogP) is 4.12. The number of phosphoric ester groups is 1. The normalized spacial score (nSPS) is 14.8. The molecule has 0 aromatic heterocycles. The van der Waals surface area contributed by atoms with Crippen LogP contribution in [0, 0.1) is 0 Å². The Labute approximate surface area is 249 Å². The Morgan fingerprint density at radius 3 is 2.29 bits per heavy atom. The number of carboxylic acid groups (broad SMARTS) is 1. The van der Waals surface area contributed by atoms with E-state index in [1.54, 1.807) is 0 Å². The number of benzene rings is 1. The average molecular weight is 617 g/mol. The molecule has 5 N–H and O–H groups in total. The molecule has 1 unspecified atom stereocenters. The smallest absolute Gasteiger partial charge is 0.472 e. The topological polar surface area (TPSA) is 181 Å². The maximum atomic E-state index is 12.2. The van der Waals surface area contributed by atoms with Crippen LogP contribution in [0.3, 0.4) is 0 Å². The molecule has 0 aliphatic heterocycles. The van der Waals surface area contributed by atoms with Crippen molar-refractivity contribution in [3.05, 3.63) is 29.8 Å². The molecule has 0 aliphatic rings. The van der Waals surface area contributed by atoms with Gasteiger partial charge in [-0.25, -0.2) is 9.36 Å². The molecular formula is C29H49N2O10P. The first-order chi connectivity index (χ1) is 19.9. The quantitative estimate of drug-likeness (QED) is 0.0837. The van der Waals surface area contributed by atoms with Gasteiger partial charge in [0.25, 0.3) is 0 Å². The molecule has 0 heterocycles. The Balaban J connectivity index is 2.29. The van der Waals surface area contributed by atoms with Crippen LogP contribution in [0.25, 0.3) is 0 Å². The lowest BCUT2D eigenvalue weighted by molar-refractivity contribution is -0.144. The largest absolute Gasteiger partial charge is 0.494 e. The third-order valence-corrected chi connectivity index (χ3v) is 7.49. The second-order valence-electron chi connectivity index (χ2n) is 10.4. The van der Waals surface area contributed by atoms with Crippen LogP contribution >= 0.6 is 7.82 Å². The van der Waals surface area contributed by atoms with Gasteiger partial charge in [-0.05, 0) is 37.5 Å².